The molecule has 2 saturated heterocycles. The molecule has 4 amide bonds. The largest absolute Gasteiger partial charge is 0.422 e. The average Bonchev–Trinajstić information content (AvgIpc) is 3.56. The van der Waals surface area contributed by atoms with Crippen molar-refractivity contribution in [2.75, 3.05) is 31.8 Å². The Morgan fingerprint density at radius 1 is 1.03 bits per heavy atom. The number of piperazine rings is 1. The number of carbonyl (C=O) groups excluding carboxylic acids is 5. The highest BCUT2D eigenvalue weighted by molar-refractivity contribution is 7.41. The Bertz CT molecular complexity index is 2430. The van der Waals surface area contributed by atoms with Gasteiger partial charge in [-0.1, -0.05) is 17.3 Å². The number of hydrogen-bond acceptors (Lipinski definition) is 14. The summed E-state index contributed by atoms with van der Waals surface area (Å²) in [6.07, 6.45) is -5.28. The van der Waals surface area contributed by atoms with E-state index in [2.05, 4.69) is 20.8 Å². The number of amides is 4. The van der Waals surface area contributed by atoms with Crippen LogP contribution in [0.15, 0.2) is 64.8 Å². The van der Waals surface area contributed by atoms with Crippen molar-refractivity contribution in [2.24, 2.45) is 5.16 Å². The highest BCUT2D eigenvalue weighted by Gasteiger charge is 2.63. The topological polar surface area (TPSA) is 200 Å². The van der Waals surface area contributed by atoms with Crippen LogP contribution in [0, 0.1) is 11.6 Å². The first-order valence-corrected chi connectivity index (χ1v) is 22.9. The van der Waals surface area contributed by atoms with E-state index in [-0.39, 0.29) is 29.9 Å². The molecule has 69 heavy (non-hydrogen) atoms. The van der Waals surface area contributed by atoms with Gasteiger partial charge in [0.05, 0.1) is 42.0 Å². The molecule has 2 N–H and O–H groups in total. The maximum absolute atomic E-state index is 14.7. The standard InChI is InChI=1S/C45H55F5N7O11P/c1-26-20-44(66-54-26)15-14-27(2)57-24-43(44)21-31(37(59)52-22-28-12-13-30(46)19-32(28)47)34(58)35(33(53-43)38(57)60)65-39(61)55(9)36-29(11-10-17-51-36)23-56(18-16-45(48,49)50)40(62)63-25-64-69(67-41(3,4)5)68-42(6,7)8/h10-13,17,19,21,27,53H,14-16,18,20,22-25H2,1-9H3,(H,52,59). The molecule has 0 aliphatic carbocycles. The van der Waals surface area contributed by atoms with E-state index in [1.165, 1.54) is 29.3 Å². The minimum absolute atomic E-state index is 0.0108. The Labute approximate surface area is 396 Å². The van der Waals surface area contributed by atoms with Crippen LogP contribution in [0.25, 0.3) is 0 Å². The molecule has 4 aliphatic heterocycles. The number of alkyl halides is 3. The monoisotopic (exact) mass is 995 g/mol. The smallest absolute Gasteiger partial charge is 0.420 e. The van der Waals surface area contributed by atoms with E-state index >= 15 is 0 Å². The first kappa shape index (κ1) is 52.6. The first-order valence-electron chi connectivity index (χ1n) is 21.8. The predicted molar refractivity (Wildman–Crippen MR) is 237 cm³/mol. The van der Waals surface area contributed by atoms with Gasteiger partial charge >= 0.3 is 27.0 Å². The number of nitrogens with zero attached hydrogens (tertiary/aromatic N) is 5. The van der Waals surface area contributed by atoms with Crippen LogP contribution in [0.2, 0.25) is 0 Å². The molecule has 2 aromatic rings. The molecular formula is C45H55F5N7O11P. The Hall–Kier alpha value is -5.77. The minimum atomic E-state index is -4.70. The molecule has 6 rings (SSSR count). The zero-order valence-electron chi connectivity index (χ0n) is 39.5. The number of Topliss-reactive ketones (excluding diaryl/α,β-unsaturated/α-hetero) is 1. The van der Waals surface area contributed by atoms with Crippen molar-refractivity contribution in [1.29, 1.82) is 0 Å². The number of ether oxygens (including phenoxy) is 2. The van der Waals surface area contributed by atoms with Crippen LogP contribution in [-0.4, -0.2) is 112 Å². The lowest BCUT2D eigenvalue weighted by Gasteiger charge is -2.49. The maximum atomic E-state index is 14.7. The summed E-state index contributed by atoms with van der Waals surface area (Å²) in [5.74, 6) is -6.04. The number of allylic oxidation sites excluding steroid dienone is 1. The Morgan fingerprint density at radius 3 is 2.35 bits per heavy atom. The van der Waals surface area contributed by atoms with Crippen molar-refractivity contribution in [3.63, 3.8) is 0 Å². The number of fused-ring (bicyclic) bond motifs is 2. The minimum Gasteiger partial charge on any atom is -0.422 e. The van der Waals surface area contributed by atoms with Crippen molar-refractivity contribution >= 4 is 49.9 Å². The van der Waals surface area contributed by atoms with Gasteiger partial charge in [0, 0.05) is 56.0 Å². The fourth-order valence-corrected chi connectivity index (χ4v) is 9.07. The molecule has 2 fully saturated rings. The van der Waals surface area contributed by atoms with Gasteiger partial charge in [-0.25, -0.2) is 23.4 Å². The maximum Gasteiger partial charge on any atom is 0.420 e. The molecule has 0 radical (unpaired) electrons. The van der Waals surface area contributed by atoms with Gasteiger partial charge in [0.2, 0.25) is 18.3 Å². The van der Waals surface area contributed by atoms with Crippen molar-refractivity contribution in [3.8, 4) is 0 Å². The normalized spacial score (nSPS) is 21.5. The fourth-order valence-electron chi connectivity index (χ4n) is 7.90. The molecule has 3 atom stereocenters. The predicted octanol–water partition coefficient (Wildman–Crippen LogP) is 7.58. The van der Waals surface area contributed by atoms with E-state index in [4.69, 9.17) is 27.9 Å². The van der Waals surface area contributed by atoms with E-state index < -0.39 is 134 Å². The molecule has 1 aromatic heterocycles. The summed E-state index contributed by atoms with van der Waals surface area (Å²) in [6, 6.07) is 5.04. The van der Waals surface area contributed by atoms with Gasteiger partial charge in [-0.3, -0.25) is 23.8 Å². The van der Waals surface area contributed by atoms with Crippen LogP contribution < -0.4 is 15.5 Å². The van der Waals surface area contributed by atoms with Crippen LogP contribution >= 0.6 is 8.60 Å². The van der Waals surface area contributed by atoms with Crippen molar-refractivity contribution in [1.82, 2.24) is 25.4 Å². The number of hydrogen-bond donors (Lipinski definition) is 2. The Balaban J connectivity index is 1.30. The van der Waals surface area contributed by atoms with Crippen LogP contribution in [0.1, 0.15) is 92.2 Å². The van der Waals surface area contributed by atoms with Gasteiger partial charge in [0.25, 0.3) is 11.8 Å². The second-order valence-electron chi connectivity index (χ2n) is 19.0. The third kappa shape index (κ3) is 12.5. The van der Waals surface area contributed by atoms with Crippen LogP contribution in [0.3, 0.4) is 0 Å². The number of benzene rings is 1. The van der Waals surface area contributed by atoms with Crippen molar-refractivity contribution in [3.05, 3.63) is 82.4 Å². The van der Waals surface area contributed by atoms with Crippen LogP contribution in [0.5, 0.6) is 0 Å². The molecule has 24 heteroatoms. The number of rotatable bonds is 14. The highest BCUT2D eigenvalue weighted by Crippen LogP contribution is 2.49. The number of oxime groups is 1. The summed E-state index contributed by atoms with van der Waals surface area (Å²) in [7, 11) is -0.939. The molecule has 18 nitrogen and oxygen atoms in total. The number of anilines is 1. The molecule has 5 heterocycles. The molecule has 2 spiro atoms. The van der Waals surface area contributed by atoms with E-state index in [0.717, 1.165) is 24.1 Å². The second-order valence-corrected chi connectivity index (χ2v) is 20.1. The van der Waals surface area contributed by atoms with Gasteiger partial charge in [-0.05, 0) is 86.4 Å². The van der Waals surface area contributed by atoms with E-state index in [1.54, 1.807) is 55.4 Å². The second kappa shape index (κ2) is 20.3. The zero-order valence-corrected chi connectivity index (χ0v) is 40.4. The van der Waals surface area contributed by atoms with Crippen molar-refractivity contribution < 1.29 is 73.8 Å². The molecule has 4 aliphatic rings. The number of aromatic nitrogens is 1. The molecule has 3 unspecified atom stereocenters. The van der Waals surface area contributed by atoms with Gasteiger partial charge in [0.1, 0.15) is 28.7 Å². The van der Waals surface area contributed by atoms with Gasteiger partial charge < -0.3 is 43.8 Å². The number of nitrogens with one attached hydrogen (secondary N) is 2. The Kier molecular flexibility index (Phi) is 15.5. The SMILES string of the molecule is CC1=NOC2(CCC(C)N3CC24C=C(C(=O)NCc2ccc(F)cc2F)C(=O)C(OC(=O)N(C)c2ncccc2CN(CCC(F)(F)F)C(=O)OCOP(OC(C)(C)C)OC(C)(C)C)=C(N4)C3=O)C1. The molecule has 0 saturated carbocycles. The Morgan fingerprint density at radius 2 is 1.72 bits per heavy atom. The van der Waals surface area contributed by atoms with E-state index in [9.17, 15) is 45.9 Å². The summed E-state index contributed by atoms with van der Waals surface area (Å²) in [4.78, 5) is 84.4. The van der Waals surface area contributed by atoms with Crippen LogP contribution in [-0.2, 0) is 55.4 Å². The summed E-state index contributed by atoms with van der Waals surface area (Å²) < 4.78 is 97.4. The highest BCUT2D eigenvalue weighted by atomic mass is 31.2. The third-order valence-electron chi connectivity index (χ3n) is 11.2. The molecule has 3 bridgehead atoms. The first-order chi connectivity index (χ1) is 32.1. The van der Waals surface area contributed by atoms with Crippen LogP contribution in [0.4, 0.5) is 37.4 Å². The molecular weight excluding hydrogens is 940 g/mol. The van der Waals surface area contributed by atoms with Gasteiger partial charge in [0.15, 0.2) is 5.60 Å². The number of carbonyl (C=O) groups is 5. The van der Waals surface area contributed by atoms with Gasteiger partial charge in [-0.2, -0.15) is 13.2 Å². The van der Waals surface area contributed by atoms with E-state index in [0.29, 0.717) is 29.5 Å². The third-order valence-corrected chi connectivity index (χ3v) is 12.9. The summed E-state index contributed by atoms with van der Waals surface area (Å²) in [6.45, 7) is 11.1. The lowest BCUT2D eigenvalue weighted by molar-refractivity contribution is -0.138. The summed E-state index contributed by atoms with van der Waals surface area (Å²) in [5.41, 5.74) is -4.93. The zero-order chi connectivity index (χ0) is 50.9. The number of ketones is 1. The van der Waals surface area contributed by atoms with Crippen molar-refractivity contribution in [2.45, 2.75) is 129 Å². The quantitative estimate of drug-likeness (QED) is 0.0813. The molecule has 1 aromatic carbocycles. The fraction of sp³-hybridized carbons (Fsp3) is 0.533. The lowest BCUT2D eigenvalue weighted by atomic mass is 9.72. The van der Waals surface area contributed by atoms with E-state index in [1.807, 2.05) is 0 Å². The average molecular weight is 996 g/mol. The summed E-state index contributed by atoms with van der Waals surface area (Å²) in [5, 5.41) is 9.78. The lowest BCUT2D eigenvalue weighted by Crippen LogP contribution is -2.70. The number of pyridine rings is 1. The molecule has 376 valence electrons. The summed E-state index contributed by atoms with van der Waals surface area (Å²) >= 11 is 0. The van der Waals surface area contributed by atoms with Gasteiger partial charge in [-0.15, -0.1) is 0 Å². The number of halogens is 5.